The molecule has 0 aromatic heterocycles. The van der Waals surface area contributed by atoms with Crippen LogP contribution in [-0.4, -0.2) is 19.3 Å². The Labute approximate surface area is 89.5 Å². The van der Waals surface area contributed by atoms with Gasteiger partial charge in [0, 0.05) is 5.56 Å². The van der Waals surface area contributed by atoms with Crippen LogP contribution in [-0.2, 0) is 17.6 Å². The summed E-state index contributed by atoms with van der Waals surface area (Å²) in [6.45, 7) is 1.55. The topological polar surface area (TPSA) is 21.8 Å². The van der Waals surface area contributed by atoms with Crippen molar-refractivity contribution in [3.05, 3.63) is 41.5 Å². The number of fused-ring (bicyclic) bond motifs is 1. The first-order valence-corrected chi connectivity index (χ1v) is 5.43. The van der Waals surface area contributed by atoms with Crippen molar-refractivity contribution in [2.75, 3.05) is 13.2 Å². The molecule has 2 heteroatoms. The maximum absolute atomic E-state index is 5.77. The molecule has 1 aromatic carbocycles. The standard InChI is InChI=1S/C13H14O2/c1-2-6-12-10(4-1)5-3-7-13(12)15-9-11-8-14-11/h1-3,5,7,11H,4,6,8-9H2/t11-/m0/s1. The Morgan fingerprint density at radius 2 is 2.13 bits per heavy atom. The third-order valence-corrected chi connectivity index (χ3v) is 2.88. The highest BCUT2D eigenvalue weighted by Gasteiger charge is 2.23. The van der Waals surface area contributed by atoms with Crippen LogP contribution in [0.2, 0.25) is 0 Å². The molecule has 1 heterocycles. The summed E-state index contributed by atoms with van der Waals surface area (Å²) < 4.78 is 10.9. The average Bonchev–Trinajstić information content (AvgIpc) is 3.10. The van der Waals surface area contributed by atoms with Gasteiger partial charge >= 0.3 is 0 Å². The van der Waals surface area contributed by atoms with Crippen LogP contribution in [0.1, 0.15) is 11.1 Å². The number of epoxide rings is 1. The van der Waals surface area contributed by atoms with Crippen molar-refractivity contribution in [2.45, 2.75) is 18.9 Å². The summed E-state index contributed by atoms with van der Waals surface area (Å²) in [5.74, 6) is 1.03. The Balaban J connectivity index is 1.80. The lowest BCUT2D eigenvalue weighted by atomic mass is 9.96. The van der Waals surface area contributed by atoms with Crippen molar-refractivity contribution in [2.24, 2.45) is 0 Å². The first-order valence-electron chi connectivity index (χ1n) is 5.43. The molecular weight excluding hydrogens is 188 g/mol. The molecule has 15 heavy (non-hydrogen) atoms. The van der Waals surface area contributed by atoms with E-state index in [9.17, 15) is 0 Å². The number of hydrogen-bond acceptors (Lipinski definition) is 2. The monoisotopic (exact) mass is 202 g/mol. The Kier molecular flexibility index (Phi) is 2.22. The molecule has 0 radical (unpaired) electrons. The molecule has 2 nitrogen and oxygen atoms in total. The van der Waals surface area contributed by atoms with E-state index >= 15 is 0 Å². The lowest BCUT2D eigenvalue weighted by Crippen LogP contribution is -2.08. The van der Waals surface area contributed by atoms with Crippen molar-refractivity contribution in [3.8, 4) is 5.75 Å². The summed E-state index contributed by atoms with van der Waals surface area (Å²) in [4.78, 5) is 0. The molecule has 0 unspecified atom stereocenters. The van der Waals surface area contributed by atoms with Crippen LogP contribution < -0.4 is 4.74 Å². The molecule has 1 saturated heterocycles. The molecule has 1 aliphatic carbocycles. The van der Waals surface area contributed by atoms with Crippen molar-refractivity contribution in [1.29, 1.82) is 0 Å². The summed E-state index contributed by atoms with van der Waals surface area (Å²) in [7, 11) is 0. The van der Waals surface area contributed by atoms with E-state index in [4.69, 9.17) is 9.47 Å². The molecule has 0 spiro atoms. The molecular formula is C13H14O2. The number of ether oxygens (including phenoxy) is 2. The maximum Gasteiger partial charge on any atom is 0.123 e. The van der Waals surface area contributed by atoms with Gasteiger partial charge in [-0.2, -0.15) is 0 Å². The zero-order valence-corrected chi connectivity index (χ0v) is 8.61. The second-order valence-electron chi connectivity index (χ2n) is 4.04. The minimum atomic E-state index is 0.333. The summed E-state index contributed by atoms with van der Waals surface area (Å²) in [5, 5.41) is 0. The highest BCUT2D eigenvalue weighted by Crippen LogP contribution is 2.27. The Bertz CT molecular complexity index is 392. The molecule has 1 aliphatic heterocycles. The van der Waals surface area contributed by atoms with Gasteiger partial charge in [0.1, 0.15) is 18.5 Å². The normalized spacial score (nSPS) is 22.3. The number of allylic oxidation sites excluding steroid dienone is 2. The Hall–Kier alpha value is -1.28. The van der Waals surface area contributed by atoms with Gasteiger partial charge in [0.25, 0.3) is 0 Å². The van der Waals surface area contributed by atoms with E-state index < -0.39 is 0 Å². The third-order valence-electron chi connectivity index (χ3n) is 2.88. The van der Waals surface area contributed by atoms with Gasteiger partial charge in [-0.1, -0.05) is 24.3 Å². The summed E-state index contributed by atoms with van der Waals surface area (Å²) in [5.41, 5.74) is 2.74. The van der Waals surface area contributed by atoms with Crippen LogP contribution in [0.3, 0.4) is 0 Å². The van der Waals surface area contributed by atoms with Crippen LogP contribution in [0.4, 0.5) is 0 Å². The summed E-state index contributed by atoms with van der Waals surface area (Å²) >= 11 is 0. The van der Waals surface area contributed by atoms with Gasteiger partial charge in [-0.25, -0.2) is 0 Å². The van der Waals surface area contributed by atoms with Gasteiger partial charge in [-0.3, -0.25) is 0 Å². The van der Waals surface area contributed by atoms with E-state index in [1.807, 2.05) is 0 Å². The average molecular weight is 202 g/mol. The Morgan fingerprint density at radius 1 is 1.27 bits per heavy atom. The molecule has 0 amide bonds. The molecule has 78 valence electrons. The molecule has 3 rings (SSSR count). The van der Waals surface area contributed by atoms with Crippen molar-refractivity contribution in [3.63, 3.8) is 0 Å². The first kappa shape index (κ1) is 8.98. The van der Waals surface area contributed by atoms with Crippen molar-refractivity contribution < 1.29 is 9.47 Å². The fourth-order valence-corrected chi connectivity index (χ4v) is 1.93. The van der Waals surface area contributed by atoms with E-state index in [2.05, 4.69) is 30.4 Å². The molecule has 1 atom stereocenters. The van der Waals surface area contributed by atoms with Crippen LogP contribution >= 0.6 is 0 Å². The van der Waals surface area contributed by atoms with Gasteiger partial charge in [-0.05, 0) is 24.5 Å². The van der Waals surface area contributed by atoms with E-state index in [0.717, 1.165) is 25.2 Å². The fourth-order valence-electron chi connectivity index (χ4n) is 1.93. The van der Waals surface area contributed by atoms with E-state index in [-0.39, 0.29) is 0 Å². The van der Waals surface area contributed by atoms with Gasteiger partial charge < -0.3 is 9.47 Å². The fraction of sp³-hybridized carbons (Fsp3) is 0.385. The second kappa shape index (κ2) is 3.70. The zero-order valence-electron chi connectivity index (χ0n) is 8.61. The third kappa shape index (κ3) is 1.90. The highest BCUT2D eigenvalue weighted by molar-refractivity contribution is 5.44. The molecule has 0 N–H and O–H groups in total. The highest BCUT2D eigenvalue weighted by atomic mass is 16.6. The largest absolute Gasteiger partial charge is 0.490 e. The predicted molar refractivity (Wildman–Crippen MR) is 58.2 cm³/mol. The lowest BCUT2D eigenvalue weighted by Gasteiger charge is -2.15. The lowest BCUT2D eigenvalue weighted by molar-refractivity contribution is 0.261. The minimum absolute atomic E-state index is 0.333. The zero-order chi connectivity index (χ0) is 10.1. The van der Waals surface area contributed by atoms with Crippen LogP contribution in [0, 0.1) is 0 Å². The molecule has 0 saturated carbocycles. The number of rotatable bonds is 3. The smallest absolute Gasteiger partial charge is 0.123 e. The maximum atomic E-state index is 5.77. The second-order valence-corrected chi connectivity index (χ2v) is 4.04. The van der Waals surface area contributed by atoms with Crippen molar-refractivity contribution in [1.82, 2.24) is 0 Å². The predicted octanol–water partition coefficient (Wildman–Crippen LogP) is 2.12. The SMILES string of the molecule is C1=CCc2c(cccc2OC[C@@H]2CO2)C1. The van der Waals surface area contributed by atoms with Crippen molar-refractivity contribution >= 4 is 0 Å². The molecule has 1 fully saturated rings. The first-order chi connectivity index (χ1) is 7.43. The van der Waals surface area contributed by atoms with Gasteiger partial charge in [0.05, 0.1) is 6.61 Å². The Morgan fingerprint density at radius 3 is 3.00 bits per heavy atom. The summed E-state index contributed by atoms with van der Waals surface area (Å²) in [6, 6.07) is 6.31. The number of hydrogen-bond donors (Lipinski definition) is 0. The van der Waals surface area contributed by atoms with Crippen LogP contribution in [0.5, 0.6) is 5.75 Å². The van der Waals surface area contributed by atoms with Gasteiger partial charge in [0.15, 0.2) is 0 Å². The van der Waals surface area contributed by atoms with E-state index in [0.29, 0.717) is 12.7 Å². The van der Waals surface area contributed by atoms with E-state index in [1.165, 1.54) is 11.1 Å². The molecule has 1 aromatic rings. The quantitative estimate of drug-likeness (QED) is 0.553. The van der Waals surface area contributed by atoms with Gasteiger partial charge in [-0.15, -0.1) is 0 Å². The number of benzene rings is 1. The van der Waals surface area contributed by atoms with Gasteiger partial charge in [0.2, 0.25) is 0 Å². The summed E-state index contributed by atoms with van der Waals surface area (Å²) in [6.07, 6.45) is 6.79. The van der Waals surface area contributed by atoms with Crippen LogP contribution in [0.15, 0.2) is 30.4 Å². The van der Waals surface area contributed by atoms with Crippen LogP contribution in [0.25, 0.3) is 0 Å². The van der Waals surface area contributed by atoms with E-state index in [1.54, 1.807) is 0 Å². The molecule has 2 aliphatic rings. The minimum Gasteiger partial charge on any atom is -0.490 e. The molecule has 0 bridgehead atoms.